The third-order valence-electron chi connectivity index (χ3n) is 3.94. The van der Waals surface area contributed by atoms with Crippen LogP contribution in [0.25, 0.3) is 11.0 Å². The highest BCUT2D eigenvalue weighted by Gasteiger charge is 2.09. The van der Waals surface area contributed by atoms with Gasteiger partial charge in [0.25, 0.3) is 0 Å². The van der Waals surface area contributed by atoms with Gasteiger partial charge >= 0.3 is 0 Å². The van der Waals surface area contributed by atoms with E-state index in [4.69, 9.17) is 4.74 Å². The second-order valence-corrected chi connectivity index (χ2v) is 6.27. The molecule has 6 heteroatoms. The lowest BCUT2D eigenvalue weighted by Crippen LogP contribution is -2.15. The summed E-state index contributed by atoms with van der Waals surface area (Å²) in [6, 6.07) is 7.92. The topological polar surface area (TPSA) is 69.0 Å². The number of hydrogen-bond acceptors (Lipinski definition) is 4. The molecule has 1 N–H and O–H groups in total. The molecule has 3 aromatic rings. The van der Waals surface area contributed by atoms with Crippen LogP contribution in [0, 0.1) is 20.8 Å². The van der Waals surface area contributed by atoms with Crippen molar-refractivity contribution >= 4 is 22.6 Å². The number of benzene rings is 1. The molecule has 1 amide bonds. The predicted octanol–water partition coefficient (Wildman–Crippen LogP) is 3.30. The van der Waals surface area contributed by atoms with Crippen LogP contribution < -0.4 is 10.1 Å². The molecule has 0 radical (unpaired) electrons. The number of aryl methyl sites for hydroxylation is 4. The molecular weight excluding hydrogens is 316 g/mol. The molecule has 0 atom stereocenters. The van der Waals surface area contributed by atoms with Gasteiger partial charge in [-0.25, -0.2) is 4.98 Å². The summed E-state index contributed by atoms with van der Waals surface area (Å²) in [6.07, 6.45) is 1.92. The van der Waals surface area contributed by atoms with Crippen LogP contribution in [0.2, 0.25) is 0 Å². The minimum absolute atomic E-state index is 0.105. The van der Waals surface area contributed by atoms with Crippen LogP contribution >= 0.6 is 0 Å². The Hall–Kier alpha value is -2.89. The lowest BCUT2D eigenvalue weighted by atomic mass is 10.1. The highest BCUT2D eigenvalue weighted by Crippen LogP contribution is 2.19. The standard InChI is InChI=1S/C19H22N4O2/c1-12-7-13(2)9-16(8-12)25-6-5-18(24)21-15-10-17-14(3)22-23(4)19(17)20-11-15/h7-11H,5-6H2,1-4H3,(H,21,24). The molecule has 130 valence electrons. The number of anilines is 1. The molecule has 0 aliphatic rings. The molecule has 0 spiro atoms. The summed E-state index contributed by atoms with van der Waals surface area (Å²) in [5.41, 5.74) is 4.64. The number of nitrogens with one attached hydrogen (secondary N) is 1. The second kappa shape index (κ2) is 6.93. The number of nitrogens with zero attached hydrogens (tertiary/aromatic N) is 3. The molecule has 0 aliphatic carbocycles. The van der Waals surface area contributed by atoms with Crippen molar-refractivity contribution in [3.8, 4) is 5.75 Å². The Morgan fingerprint density at radius 3 is 2.60 bits per heavy atom. The highest BCUT2D eigenvalue weighted by molar-refractivity contribution is 5.93. The van der Waals surface area contributed by atoms with Gasteiger partial charge in [-0.15, -0.1) is 0 Å². The first-order chi connectivity index (χ1) is 11.9. The van der Waals surface area contributed by atoms with Gasteiger partial charge in [-0.1, -0.05) is 6.07 Å². The number of carbonyl (C=O) groups is 1. The molecule has 6 nitrogen and oxygen atoms in total. The van der Waals surface area contributed by atoms with Crippen molar-refractivity contribution < 1.29 is 9.53 Å². The van der Waals surface area contributed by atoms with Crippen molar-refractivity contribution in [2.24, 2.45) is 7.05 Å². The summed E-state index contributed by atoms with van der Waals surface area (Å²) in [5.74, 6) is 0.687. The lowest BCUT2D eigenvalue weighted by Gasteiger charge is -2.09. The summed E-state index contributed by atoms with van der Waals surface area (Å²) >= 11 is 0. The summed E-state index contributed by atoms with van der Waals surface area (Å²) in [5, 5.41) is 8.13. The lowest BCUT2D eigenvalue weighted by molar-refractivity contribution is -0.116. The first kappa shape index (κ1) is 17.0. The van der Waals surface area contributed by atoms with Crippen LogP contribution in [-0.4, -0.2) is 27.3 Å². The maximum absolute atomic E-state index is 12.1. The molecule has 0 bridgehead atoms. The molecular formula is C19H22N4O2. The van der Waals surface area contributed by atoms with E-state index in [9.17, 15) is 4.79 Å². The van der Waals surface area contributed by atoms with E-state index in [0.717, 1.165) is 33.6 Å². The van der Waals surface area contributed by atoms with Crippen LogP contribution in [0.1, 0.15) is 23.2 Å². The Bertz CT molecular complexity index is 910. The Labute approximate surface area is 146 Å². The molecule has 3 rings (SSSR count). The number of aromatic nitrogens is 3. The fourth-order valence-electron chi connectivity index (χ4n) is 2.88. The van der Waals surface area contributed by atoms with Crippen molar-refractivity contribution in [2.75, 3.05) is 11.9 Å². The number of ether oxygens (including phenoxy) is 1. The van der Waals surface area contributed by atoms with E-state index in [0.29, 0.717) is 12.3 Å². The van der Waals surface area contributed by atoms with Crippen molar-refractivity contribution in [1.29, 1.82) is 0 Å². The molecule has 1 aromatic carbocycles. The van der Waals surface area contributed by atoms with E-state index in [2.05, 4.69) is 21.5 Å². The quantitative estimate of drug-likeness (QED) is 0.775. The molecule has 0 unspecified atom stereocenters. The number of hydrogen-bond donors (Lipinski definition) is 1. The molecule has 0 saturated heterocycles. The zero-order chi connectivity index (χ0) is 18.0. The minimum atomic E-state index is -0.105. The fourth-order valence-corrected chi connectivity index (χ4v) is 2.88. The van der Waals surface area contributed by atoms with Gasteiger partial charge in [-0.05, 0) is 50.1 Å². The van der Waals surface area contributed by atoms with Gasteiger partial charge in [0.05, 0.1) is 30.6 Å². The van der Waals surface area contributed by atoms with Crippen molar-refractivity contribution in [2.45, 2.75) is 27.2 Å². The maximum atomic E-state index is 12.1. The van der Waals surface area contributed by atoms with Crippen LogP contribution in [0.15, 0.2) is 30.5 Å². The number of carbonyl (C=O) groups excluding carboxylic acids is 1. The van der Waals surface area contributed by atoms with E-state index in [1.54, 1.807) is 10.9 Å². The van der Waals surface area contributed by atoms with Crippen LogP contribution in [-0.2, 0) is 11.8 Å². The van der Waals surface area contributed by atoms with Gasteiger partial charge in [-0.2, -0.15) is 5.10 Å². The Morgan fingerprint density at radius 2 is 1.88 bits per heavy atom. The minimum Gasteiger partial charge on any atom is -0.493 e. The van der Waals surface area contributed by atoms with E-state index >= 15 is 0 Å². The van der Waals surface area contributed by atoms with Crippen LogP contribution in [0.5, 0.6) is 5.75 Å². The first-order valence-electron chi connectivity index (χ1n) is 8.22. The molecule has 0 fully saturated rings. The zero-order valence-corrected chi connectivity index (χ0v) is 15.0. The van der Waals surface area contributed by atoms with Gasteiger partial charge in [0.15, 0.2) is 5.65 Å². The Balaban J connectivity index is 1.58. The summed E-state index contributed by atoms with van der Waals surface area (Å²) < 4.78 is 7.41. The summed E-state index contributed by atoms with van der Waals surface area (Å²) in [6.45, 7) is 6.30. The Kier molecular flexibility index (Phi) is 4.70. The van der Waals surface area contributed by atoms with Gasteiger partial charge in [0.1, 0.15) is 5.75 Å². The summed E-state index contributed by atoms with van der Waals surface area (Å²) in [7, 11) is 1.85. The number of rotatable bonds is 5. The van der Waals surface area contributed by atoms with Crippen LogP contribution in [0.4, 0.5) is 5.69 Å². The van der Waals surface area contributed by atoms with Gasteiger partial charge in [0, 0.05) is 12.4 Å². The predicted molar refractivity (Wildman–Crippen MR) is 97.9 cm³/mol. The molecule has 0 saturated carbocycles. The van der Waals surface area contributed by atoms with Crippen LogP contribution in [0.3, 0.4) is 0 Å². The SMILES string of the molecule is Cc1cc(C)cc(OCCC(=O)Nc2cnc3c(c2)c(C)nn3C)c1. The smallest absolute Gasteiger partial charge is 0.227 e. The van der Waals surface area contributed by atoms with Crippen molar-refractivity contribution in [1.82, 2.24) is 14.8 Å². The maximum Gasteiger partial charge on any atom is 0.227 e. The zero-order valence-electron chi connectivity index (χ0n) is 15.0. The normalized spacial score (nSPS) is 10.9. The highest BCUT2D eigenvalue weighted by atomic mass is 16.5. The molecule has 0 aliphatic heterocycles. The third-order valence-corrected chi connectivity index (χ3v) is 3.94. The Morgan fingerprint density at radius 1 is 1.16 bits per heavy atom. The van der Waals surface area contributed by atoms with E-state index in [1.807, 2.05) is 46.0 Å². The van der Waals surface area contributed by atoms with Gasteiger partial charge < -0.3 is 10.1 Å². The van der Waals surface area contributed by atoms with E-state index in [1.165, 1.54) is 0 Å². The monoisotopic (exact) mass is 338 g/mol. The van der Waals surface area contributed by atoms with Gasteiger partial charge in [0.2, 0.25) is 5.91 Å². The molecule has 2 heterocycles. The molecule has 2 aromatic heterocycles. The first-order valence-corrected chi connectivity index (χ1v) is 8.22. The van der Waals surface area contributed by atoms with Crippen molar-refractivity contribution in [3.63, 3.8) is 0 Å². The second-order valence-electron chi connectivity index (χ2n) is 6.27. The fraction of sp³-hybridized carbons (Fsp3) is 0.316. The molecule has 25 heavy (non-hydrogen) atoms. The average Bonchev–Trinajstić information content (AvgIpc) is 2.80. The number of pyridine rings is 1. The average molecular weight is 338 g/mol. The van der Waals surface area contributed by atoms with Crippen molar-refractivity contribution in [3.05, 3.63) is 47.3 Å². The number of amides is 1. The number of fused-ring (bicyclic) bond motifs is 1. The van der Waals surface area contributed by atoms with E-state index < -0.39 is 0 Å². The largest absolute Gasteiger partial charge is 0.493 e. The van der Waals surface area contributed by atoms with Gasteiger partial charge in [-0.3, -0.25) is 9.48 Å². The summed E-state index contributed by atoms with van der Waals surface area (Å²) in [4.78, 5) is 16.5. The third kappa shape index (κ3) is 3.96. The van der Waals surface area contributed by atoms with E-state index in [-0.39, 0.29) is 12.3 Å².